The van der Waals surface area contributed by atoms with Crippen molar-refractivity contribution in [3.8, 4) is 0 Å². The van der Waals surface area contributed by atoms with E-state index in [1.165, 1.54) is 5.56 Å². The van der Waals surface area contributed by atoms with Crippen LogP contribution >= 0.6 is 11.7 Å². The van der Waals surface area contributed by atoms with Crippen molar-refractivity contribution < 1.29 is 9.53 Å². The first-order valence-corrected chi connectivity index (χ1v) is 9.90. The predicted octanol–water partition coefficient (Wildman–Crippen LogP) is 3.31. The highest BCUT2D eigenvalue weighted by Crippen LogP contribution is 2.21. The van der Waals surface area contributed by atoms with Gasteiger partial charge in [-0.25, -0.2) is 0 Å². The van der Waals surface area contributed by atoms with Crippen molar-refractivity contribution in [1.82, 2.24) is 13.6 Å². The number of nitrogens with zero attached hydrogens (tertiary/aromatic N) is 3. The van der Waals surface area contributed by atoms with E-state index in [2.05, 4.69) is 31.1 Å². The molecular weight excluding hydrogens is 360 g/mol. The summed E-state index contributed by atoms with van der Waals surface area (Å²) in [7, 11) is 0. The Bertz CT molecular complexity index is 893. The van der Waals surface area contributed by atoms with Gasteiger partial charge in [0.15, 0.2) is 0 Å². The van der Waals surface area contributed by atoms with Crippen LogP contribution in [-0.4, -0.2) is 45.4 Å². The number of anilines is 1. The molecule has 1 aromatic heterocycles. The third kappa shape index (κ3) is 4.68. The van der Waals surface area contributed by atoms with E-state index < -0.39 is 0 Å². The molecule has 1 unspecified atom stereocenters. The van der Waals surface area contributed by atoms with E-state index in [0.717, 1.165) is 55.3 Å². The Hall–Kier alpha value is -2.35. The van der Waals surface area contributed by atoms with Gasteiger partial charge in [0.2, 0.25) is 5.91 Å². The molecule has 6 nitrogen and oxygen atoms in total. The number of aromatic nitrogens is 2. The molecule has 1 atom stereocenters. The van der Waals surface area contributed by atoms with Gasteiger partial charge in [0.05, 0.1) is 30.1 Å². The lowest BCUT2D eigenvalue weighted by atomic mass is 10.2. The predicted molar refractivity (Wildman–Crippen MR) is 107 cm³/mol. The Labute approximate surface area is 162 Å². The molecule has 1 aliphatic heterocycles. The Kier molecular flexibility index (Phi) is 5.72. The van der Waals surface area contributed by atoms with Gasteiger partial charge in [0, 0.05) is 19.7 Å². The number of rotatable bonds is 7. The normalized spacial score (nSPS) is 16.9. The van der Waals surface area contributed by atoms with Gasteiger partial charge in [-0.3, -0.25) is 9.69 Å². The number of nitrogens with one attached hydrogen (secondary N) is 1. The Morgan fingerprint density at radius 3 is 2.89 bits per heavy atom. The average molecular weight is 382 g/mol. The summed E-state index contributed by atoms with van der Waals surface area (Å²) in [6.45, 7) is 2.60. The van der Waals surface area contributed by atoms with E-state index in [4.69, 9.17) is 4.74 Å². The molecule has 27 heavy (non-hydrogen) atoms. The van der Waals surface area contributed by atoms with E-state index in [9.17, 15) is 4.79 Å². The Morgan fingerprint density at radius 1 is 1.19 bits per heavy atom. The molecule has 3 aromatic rings. The first-order chi connectivity index (χ1) is 13.3. The van der Waals surface area contributed by atoms with Gasteiger partial charge in [-0.1, -0.05) is 36.4 Å². The molecule has 0 aliphatic carbocycles. The molecular formula is C20H22N4O2S. The number of benzene rings is 2. The fourth-order valence-electron chi connectivity index (χ4n) is 3.40. The lowest BCUT2D eigenvalue weighted by Gasteiger charge is -2.24. The first kappa shape index (κ1) is 18.0. The summed E-state index contributed by atoms with van der Waals surface area (Å²) in [5, 5.41) is 2.99. The monoisotopic (exact) mass is 382 g/mol. The van der Waals surface area contributed by atoms with Crippen molar-refractivity contribution in [2.45, 2.75) is 25.5 Å². The summed E-state index contributed by atoms with van der Waals surface area (Å²) in [5.74, 6) is -0.0515. The van der Waals surface area contributed by atoms with Crippen molar-refractivity contribution in [1.29, 1.82) is 0 Å². The van der Waals surface area contributed by atoms with Crippen LogP contribution in [0.15, 0.2) is 48.5 Å². The molecule has 0 saturated carbocycles. The molecule has 0 spiro atoms. The van der Waals surface area contributed by atoms with E-state index in [1.807, 2.05) is 36.4 Å². The summed E-state index contributed by atoms with van der Waals surface area (Å²) < 4.78 is 14.3. The minimum atomic E-state index is -0.0515. The second kappa shape index (κ2) is 8.56. The first-order valence-electron chi connectivity index (χ1n) is 9.17. The summed E-state index contributed by atoms with van der Waals surface area (Å²) in [4.78, 5) is 14.9. The smallest absolute Gasteiger partial charge is 0.238 e. The van der Waals surface area contributed by atoms with Crippen molar-refractivity contribution in [2.75, 3.05) is 25.0 Å². The maximum absolute atomic E-state index is 12.7. The van der Waals surface area contributed by atoms with Crippen molar-refractivity contribution >= 4 is 34.4 Å². The highest BCUT2D eigenvalue weighted by molar-refractivity contribution is 7.00. The quantitative estimate of drug-likeness (QED) is 0.679. The van der Waals surface area contributed by atoms with Crippen LogP contribution in [0, 0.1) is 0 Å². The molecule has 1 amide bonds. The van der Waals surface area contributed by atoms with Crippen LogP contribution in [0.25, 0.3) is 11.0 Å². The van der Waals surface area contributed by atoms with E-state index in [-0.39, 0.29) is 12.0 Å². The Balaban J connectivity index is 1.44. The largest absolute Gasteiger partial charge is 0.377 e. The molecule has 0 radical (unpaired) electrons. The molecule has 2 heterocycles. The lowest BCUT2D eigenvalue weighted by Crippen LogP contribution is -2.38. The summed E-state index contributed by atoms with van der Waals surface area (Å²) >= 11 is 1.15. The number of amides is 1. The molecule has 1 saturated heterocycles. The van der Waals surface area contributed by atoms with E-state index >= 15 is 0 Å². The van der Waals surface area contributed by atoms with Gasteiger partial charge in [0.25, 0.3) is 0 Å². The van der Waals surface area contributed by atoms with E-state index in [0.29, 0.717) is 12.2 Å². The minimum Gasteiger partial charge on any atom is -0.377 e. The number of ether oxygens (including phenoxy) is 1. The maximum Gasteiger partial charge on any atom is 0.238 e. The SMILES string of the molecule is O=C(CN(Cc1ccccc1)CC1CCCO1)Nc1cccc2nsnc12. The number of hydrogen-bond donors (Lipinski definition) is 1. The standard InChI is InChI=1S/C20H22N4O2S/c25-19(21-17-9-4-10-18-20(17)23-27-22-18)14-24(13-16-8-5-11-26-16)12-15-6-2-1-3-7-15/h1-4,6-7,9-10,16H,5,8,11-14H2,(H,21,25). The maximum atomic E-state index is 12.7. The second-order valence-electron chi connectivity index (χ2n) is 6.78. The van der Waals surface area contributed by atoms with Gasteiger partial charge < -0.3 is 10.1 Å². The lowest BCUT2D eigenvalue weighted by molar-refractivity contribution is -0.117. The topological polar surface area (TPSA) is 67.3 Å². The second-order valence-corrected chi connectivity index (χ2v) is 7.30. The molecule has 1 N–H and O–H groups in total. The fraction of sp³-hybridized carbons (Fsp3) is 0.350. The van der Waals surface area contributed by atoms with Crippen LogP contribution in [0.5, 0.6) is 0 Å². The fourth-order valence-corrected chi connectivity index (χ4v) is 3.95. The van der Waals surface area contributed by atoms with Gasteiger partial charge in [0.1, 0.15) is 11.0 Å². The zero-order valence-electron chi connectivity index (χ0n) is 15.0. The molecule has 140 valence electrons. The zero-order valence-corrected chi connectivity index (χ0v) is 15.8. The molecule has 4 rings (SSSR count). The van der Waals surface area contributed by atoms with Crippen LogP contribution in [-0.2, 0) is 16.1 Å². The Morgan fingerprint density at radius 2 is 2.07 bits per heavy atom. The minimum absolute atomic E-state index is 0.0515. The third-order valence-electron chi connectivity index (χ3n) is 4.66. The van der Waals surface area contributed by atoms with Gasteiger partial charge in [-0.05, 0) is 30.5 Å². The molecule has 2 aromatic carbocycles. The highest BCUT2D eigenvalue weighted by atomic mass is 32.1. The molecule has 0 bridgehead atoms. The highest BCUT2D eigenvalue weighted by Gasteiger charge is 2.21. The molecule has 1 aliphatic rings. The van der Waals surface area contributed by atoms with Crippen molar-refractivity contribution in [3.05, 3.63) is 54.1 Å². The molecule has 1 fully saturated rings. The number of carbonyl (C=O) groups excluding carboxylic acids is 1. The summed E-state index contributed by atoms with van der Waals surface area (Å²) in [6, 6.07) is 15.9. The average Bonchev–Trinajstić information content (AvgIpc) is 3.34. The van der Waals surface area contributed by atoms with Crippen LogP contribution in [0.4, 0.5) is 5.69 Å². The third-order valence-corrected chi connectivity index (χ3v) is 5.20. The molecule has 7 heteroatoms. The van der Waals surface area contributed by atoms with Crippen molar-refractivity contribution in [3.63, 3.8) is 0 Å². The summed E-state index contributed by atoms with van der Waals surface area (Å²) in [6.07, 6.45) is 2.35. The van der Waals surface area contributed by atoms with Gasteiger partial charge >= 0.3 is 0 Å². The van der Waals surface area contributed by atoms with Crippen LogP contribution in [0.3, 0.4) is 0 Å². The van der Waals surface area contributed by atoms with Crippen LogP contribution in [0.1, 0.15) is 18.4 Å². The van der Waals surface area contributed by atoms with Crippen LogP contribution in [0.2, 0.25) is 0 Å². The van der Waals surface area contributed by atoms with Gasteiger partial charge in [-0.2, -0.15) is 8.75 Å². The number of fused-ring (bicyclic) bond motifs is 1. The van der Waals surface area contributed by atoms with E-state index in [1.54, 1.807) is 0 Å². The van der Waals surface area contributed by atoms with Gasteiger partial charge in [-0.15, -0.1) is 0 Å². The number of carbonyl (C=O) groups is 1. The summed E-state index contributed by atoms with van der Waals surface area (Å²) in [5.41, 5.74) is 3.44. The zero-order chi connectivity index (χ0) is 18.5. The van der Waals surface area contributed by atoms with Crippen molar-refractivity contribution in [2.24, 2.45) is 0 Å². The van der Waals surface area contributed by atoms with Crippen LogP contribution < -0.4 is 5.32 Å². The number of hydrogen-bond acceptors (Lipinski definition) is 6.